The smallest absolute Gasteiger partial charge is 0.634 e. The van der Waals surface area contributed by atoms with Crippen LogP contribution in [0.1, 0.15) is 74.9 Å². The average Bonchev–Trinajstić information content (AvgIpc) is 2.97. The van der Waals surface area contributed by atoms with E-state index in [4.69, 9.17) is 32.8 Å². The summed E-state index contributed by atoms with van der Waals surface area (Å²) in [6.07, 6.45) is 0. The molecule has 2 aromatic carbocycles. The first-order valence-corrected chi connectivity index (χ1v) is 16.3. The van der Waals surface area contributed by atoms with Gasteiger partial charge in [-0.3, -0.25) is 9.80 Å². The molecule has 2 unspecified atom stereocenters. The number of benzene rings is 2. The van der Waals surface area contributed by atoms with E-state index in [-0.39, 0.29) is 40.4 Å². The molecule has 5 bridgehead atoms. The fourth-order valence-corrected chi connectivity index (χ4v) is 6.23. The van der Waals surface area contributed by atoms with Crippen molar-refractivity contribution in [2.75, 3.05) is 65.8 Å². The predicted molar refractivity (Wildman–Crippen MR) is 170 cm³/mol. The maximum atomic E-state index is 6.75. The third kappa shape index (κ3) is 8.46. The first-order valence-electron chi connectivity index (χ1n) is 16.3. The fraction of sp³-hybridized carbons (Fsp3) is 0.647. The fourth-order valence-electron chi connectivity index (χ4n) is 6.23. The van der Waals surface area contributed by atoms with Crippen LogP contribution in [0.4, 0.5) is 0 Å². The van der Waals surface area contributed by atoms with Gasteiger partial charge in [-0.2, -0.15) is 0 Å². The number of hydrogen-bond donors (Lipinski definition) is 0. The van der Waals surface area contributed by atoms with Gasteiger partial charge < -0.3 is 32.8 Å². The Balaban J connectivity index is 0.00000400. The van der Waals surface area contributed by atoms with Crippen LogP contribution in [0.15, 0.2) is 24.3 Å². The Morgan fingerprint density at radius 1 is 0.533 bits per heavy atom. The summed E-state index contributed by atoms with van der Waals surface area (Å²) in [5.74, 6) is 1.60. The Bertz CT molecular complexity index is 1230. The maximum absolute atomic E-state index is 6.75. The van der Waals surface area contributed by atoms with Gasteiger partial charge in [-0.1, -0.05) is 53.7 Å². The molecule has 0 aromatic heterocycles. The summed E-state index contributed by atoms with van der Waals surface area (Å²) in [7, 11) is 0. The van der Waals surface area contributed by atoms with E-state index in [0.29, 0.717) is 65.9 Å². The molecule has 4 aliphatic rings. The summed E-state index contributed by atoms with van der Waals surface area (Å²) >= 11 is 0. The topological polar surface area (TPSA) is 71.1 Å². The van der Waals surface area contributed by atoms with Gasteiger partial charge in [-0.25, -0.2) is 0 Å². The van der Waals surface area contributed by atoms with Crippen LogP contribution in [-0.4, -0.2) is 82.6 Å². The van der Waals surface area contributed by atoms with Crippen LogP contribution in [0, 0.1) is 0 Å². The van der Waals surface area contributed by atoms with Gasteiger partial charge in [0.2, 0.25) is 0 Å². The summed E-state index contributed by atoms with van der Waals surface area (Å²) < 4.78 is 44.5. The molecule has 0 radical (unpaired) electrons. The minimum absolute atomic E-state index is 0. The van der Waals surface area contributed by atoms with Gasteiger partial charge in [0.15, 0.2) is 0 Å². The van der Waals surface area contributed by atoms with E-state index < -0.39 is 6.96 Å². The molecule has 1 spiro atoms. The zero-order valence-corrected chi connectivity index (χ0v) is 30.5. The zero-order chi connectivity index (χ0) is 31.0. The molecule has 0 N–H and O–H groups in total. The van der Waals surface area contributed by atoms with E-state index in [1.54, 1.807) is 0 Å². The number of rotatable bonds is 0. The molecule has 0 saturated carbocycles. The van der Waals surface area contributed by atoms with Crippen LogP contribution >= 0.6 is 0 Å². The average molecular weight is 633 g/mol. The first kappa shape index (κ1) is 35.1. The second-order valence-electron chi connectivity index (χ2n) is 14.6. The van der Waals surface area contributed by atoms with E-state index in [1.807, 2.05) is 0 Å². The largest absolute Gasteiger partial charge is 1.00 e. The van der Waals surface area contributed by atoms with E-state index in [2.05, 4.69) is 75.6 Å². The molecule has 4 aliphatic heterocycles. The molecule has 9 nitrogen and oxygen atoms in total. The molecule has 2 atom stereocenters. The summed E-state index contributed by atoms with van der Waals surface area (Å²) in [4.78, 5) is 4.77. The summed E-state index contributed by atoms with van der Waals surface area (Å²) in [6, 6.07) is 8.97. The molecule has 242 valence electrons. The summed E-state index contributed by atoms with van der Waals surface area (Å²) in [5, 5.41) is 0. The molecule has 6 rings (SSSR count). The number of nitrogens with zero attached hydrogens (tertiary/aromatic N) is 2. The molecule has 2 aromatic rings. The molecular formula is C34H50BN2NaO7. The Kier molecular flexibility index (Phi) is 11.3. The van der Waals surface area contributed by atoms with E-state index in [1.165, 1.54) is 11.1 Å². The quantitative estimate of drug-likeness (QED) is 0.320. The van der Waals surface area contributed by atoms with Crippen LogP contribution in [0.5, 0.6) is 11.5 Å². The third-order valence-electron chi connectivity index (χ3n) is 9.00. The van der Waals surface area contributed by atoms with Crippen molar-refractivity contribution in [3.8, 4) is 11.5 Å². The molecule has 4 heterocycles. The van der Waals surface area contributed by atoms with Crippen molar-refractivity contribution in [2.24, 2.45) is 0 Å². The minimum atomic E-state index is -2.50. The SMILES string of the molecule is CC(C)(C)c1cc2c3c(c1)CN1CCOCCOCCN(CCOCC1)Cc1cc(C(C)(C)C)cc4c1O[B-](OC2)(OC4)O3.[Na+]. The Morgan fingerprint density at radius 2 is 0.889 bits per heavy atom. The van der Waals surface area contributed by atoms with Crippen LogP contribution in [-0.2, 0) is 60.7 Å². The minimum Gasteiger partial charge on any atom is -0.634 e. The molecular weight excluding hydrogens is 582 g/mol. The first-order chi connectivity index (χ1) is 21.0. The van der Waals surface area contributed by atoms with Gasteiger partial charge in [0.05, 0.1) is 51.1 Å². The van der Waals surface area contributed by atoms with Gasteiger partial charge in [0.1, 0.15) is 0 Å². The van der Waals surface area contributed by atoms with E-state index >= 15 is 0 Å². The Labute approximate surface area is 291 Å². The molecule has 0 amide bonds. The van der Waals surface area contributed by atoms with E-state index in [9.17, 15) is 0 Å². The predicted octanol–water partition coefficient (Wildman–Crippen LogP) is 1.92. The van der Waals surface area contributed by atoms with Crippen LogP contribution in [0.25, 0.3) is 0 Å². The number of fused-ring (bicyclic) bond motifs is 6. The van der Waals surface area contributed by atoms with Gasteiger partial charge in [0, 0.05) is 74.7 Å². The van der Waals surface area contributed by atoms with Crippen LogP contribution in [0.3, 0.4) is 0 Å². The normalized spacial score (nSPS) is 26.4. The van der Waals surface area contributed by atoms with Crippen molar-refractivity contribution in [1.82, 2.24) is 9.80 Å². The Morgan fingerprint density at radius 3 is 1.27 bits per heavy atom. The van der Waals surface area contributed by atoms with Crippen molar-refractivity contribution >= 4 is 6.96 Å². The Hall–Kier alpha value is -1.18. The van der Waals surface area contributed by atoms with Crippen LogP contribution in [0.2, 0.25) is 0 Å². The summed E-state index contributed by atoms with van der Waals surface area (Å²) in [5.41, 5.74) is 6.64. The van der Waals surface area contributed by atoms with Gasteiger partial charge in [-0.15, -0.1) is 0 Å². The summed E-state index contributed by atoms with van der Waals surface area (Å²) in [6.45, 7) is 19.8. The molecule has 1 fully saturated rings. The third-order valence-corrected chi connectivity index (χ3v) is 9.00. The maximum Gasteiger partial charge on any atom is 1.00 e. The van der Waals surface area contributed by atoms with Crippen LogP contribution < -0.4 is 38.9 Å². The van der Waals surface area contributed by atoms with E-state index in [0.717, 1.165) is 59.9 Å². The van der Waals surface area contributed by atoms with Crippen molar-refractivity contribution in [3.63, 3.8) is 0 Å². The van der Waals surface area contributed by atoms with Crippen molar-refractivity contribution < 1.29 is 62.4 Å². The number of hydrogen-bond acceptors (Lipinski definition) is 9. The van der Waals surface area contributed by atoms with Gasteiger partial charge >= 0.3 is 36.5 Å². The monoisotopic (exact) mass is 632 g/mol. The number of ether oxygens (including phenoxy) is 3. The molecule has 1 saturated heterocycles. The molecule has 45 heavy (non-hydrogen) atoms. The standard InChI is InChI=1S/C34H50BN2O7.Na/c1-33(2,3)29-17-25-21-36-7-11-38-12-8-37(10-14-40-16-15-39-13-9-36)22-26-18-30(34(4,5)6)20-28-24-42-35(44-32(26)28)41-23-27(19-29)31(25)43-35;/h17-20H,7-16,21-24H2,1-6H3;/q-1;+1. The van der Waals surface area contributed by atoms with Crippen molar-refractivity contribution in [3.05, 3.63) is 57.6 Å². The second kappa shape index (κ2) is 14.5. The zero-order valence-electron chi connectivity index (χ0n) is 28.5. The molecule has 11 heteroatoms. The van der Waals surface area contributed by atoms with Crippen molar-refractivity contribution in [2.45, 2.75) is 78.7 Å². The second-order valence-corrected chi connectivity index (χ2v) is 14.6. The van der Waals surface area contributed by atoms with Crippen molar-refractivity contribution in [1.29, 1.82) is 0 Å². The van der Waals surface area contributed by atoms with Gasteiger partial charge in [0.25, 0.3) is 0 Å². The molecule has 0 aliphatic carbocycles. The van der Waals surface area contributed by atoms with Gasteiger partial charge in [-0.05, 0) is 34.1 Å².